The Labute approximate surface area is 221 Å². The van der Waals surface area contributed by atoms with E-state index >= 15 is 0 Å². The number of para-hydroxylation sites is 1. The van der Waals surface area contributed by atoms with Gasteiger partial charge < -0.3 is 30.5 Å². The highest BCUT2D eigenvalue weighted by molar-refractivity contribution is 6.34. The Morgan fingerprint density at radius 1 is 1.14 bits per heavy atom. The smallest absolute Gasteiger partial charge is 0.408 e. The number of alkyl carbamates (subject to hydrolysis) is 1. The van der Waals surface area contributed by atoms with Gasteiger partial charge in [0.1, 0.15) is 17.7 Å². The number of halogens is 1. The molecule has 9 nitrogen and oxygen atoms in total. The maximum absolute atomic E-state index is 13.7. The summed E-state index contributed by atoms with van der Waals surface area (Å²) in [7, 11) is 0. The van der Waals surface area contributed by atoms with Crippen molar-refractivity contribution >= 4 is 35.2 Å². The highest BCUT2D eigenvalue weighted by atomic mass is 35.5. The second-order valence-corrected chi connectivity index (χ2v) is 9.63. The third-order valence-electron chi connectivity index (χ3n) is 5.22. The van der Waals surface area contributed by atoms with Crippen LogP contribution in [0.5, 0.6) is 0 Å². The number of ether oxygens (including phenoxy) is 1. The first-order chi connectivity index (χ1) is 17.4. The predicted octanol–water partition coefficient (Wildman–Crippen LogP) is 3.02. The van der Waals surface area contributed by atoms with Gasteiger partial charge in [-0.2, -0.15) is 0 Å². The summed E-state index contributed by atoms with van der Waals surface area (Å²) < 4.78 is 5.19. The van der Waals surface area contributed by atoms with Crippen LogP contribution in [0.3, 0.4) is 0 Å². The summed E-state index contributed by atoms with van der Waals surface area (Å²) >= 11 is 6.30. The molecule has 0 aliphatic heterocycles. The molecule has 0 aliphatic carbocycles. The van der Waals surface area contributed by atoms with Gasteiger partial charge in [-0.1, -0.05) is 41.8 Å². The van der Waals surface area contributed by atoms with Crippen molar-refractivity contribution in [3.63, 3.8) is 0 Å². The molecule has 10 heteroatoms. The largest absolute Gasteiger partial charge is 0.444 e. The Morgan fingerprint density at radius 3 is 2.30 bits per heavy atom. The molecule has 2 aromatic rings. The van der Waals surface area contributed by atoms with E-state index in [1.54, 1.807) is 70.2 Å². The van der Waals surface area contributed by atoms with Crippen molar-refractivity contribution in [2.75, 3.05) is 25.1 Å². The van der Waals surface area contributed by atoms with Crippen LogP contribution < -0.4 is 10.6 Å². The van der Waals surface area contributed by atoms with E-state index in [1.165, 1.54) is 0 Å². The summed E-state index contributed by atoms with van der Waals surface area (Å²) in [5.41, 5.74) is 1.16. The second-order valence-electron chi connectivity index (χ2n) is 9.23. The van der Waals surface area contributed by atoms with Gasteiger partial charge in [0.25, 0.3) is 5.91 Å². The molecule has 4 N–H and O–H groups in total. The Kier molecular flexibility index (Phi) is 10.5. The molecule has 0 spiro atoms. The van der Waals surface area contributed by atoms with E-state index in [0.717, 1.165) is 4.90 Å². The fourth-order valence-electron chi connectivity index (χ4n) is 3.53. The van der Waals surface area contributed by atoms with Crippen molar-refractivity contribution in [3.05, 3.63) is 64.2 Å². The quantitative estimate of drug-likeness (QED) is 0.370. The minimum absolute atomic E-state index is 0.276. The summed E-state index contributed by atoms with van der Waals surface area (Å²) in [6, 6.07) is 8.81. The van der Waals surface area contributed by atoms with Crippen molar-refractivity contribution in [2.24, 2.45) is 0 Å². The molecule has 198 valence electrons. The third-order valence-corrected chi connectivity index (χ3v) is 5.53. The van der Waals surface area contributed by atoms with Gasteiger partial charge in [-0.05, 0) is 57.0 Å². The number of hydrogen-bond acceptors (Lipinski definition) is 6. The van der Waals surface area contributed by atoms with Gasteiger partial charge in [0.15, 0.2) is 0 Å². The molecule has 3 amide bonds. The highest BCUT2D eigenvalue weighted by Crippen LogP contribution is 2.29. The minimum atomic E-state index is -1.44. The van der Waals surface area contributed by atoms with Crippen LogP contribution in [-0.4, -0.2) is 64.4 Å². The van der Waals surface area contributed by atoms with Crippen molar-refractivity contribution in [1.29, 1.82) is 0 Å². The van der Waals surface area contributed by atoms with Gasteiger partial charge in [-0.25, -0.2) is 4.79 Å². The fraction of sp³-hybridized carbons (Fsp3) is 0.370. The number of aryl methyl sites for hydroxylation is 1. The molecular weight excluding hydrogens is 498 g/mol. The van der Waals surface area contributed by atoms with Crippen LogP contribution in [0.15, 0.2) is 42.5 Å². The molecule has 0 aliphatic rings. The lowest BCUT2D eigenvalue weighted by Crippen LogP contribution is -2.54. The van der Waals surface area contributed by atoms with E-state index in [-0.39, 0.29) is 6.54 Å². The average Bonchev–Trinajstić information content (AvgIpc) is 2.83. The van der Waals surface area contributed by atoms with Gasteiger partial charge in [-0.15, -0.1) is 6.42 Å². The van der Waals surface area contributed by atoms with Gasteiger partial charge in [0.2, 0.25) is 5.91 Å². The first-order valence-electron chi connectivity index (χ1n) is 11.6. The molecule has 37 heavy (non-hydrogen) atoms. The summed E-state index contributed by atoms with van der Waals surface area (Å²) in [5.74, 6) is 1.06. The van der Waals surface area contributed by atoms with E-state index in [4.69, 9.17) is 22.8 Å². The molecule has 0 radical (unpaired) electrons. The van der Waals surface area contributed by atoms with E-state index in [0.29, 0.717) is 27.4 Å². The number of carbonyl (C=O) groups excluding carboxylic acids is 3. The molecule has 0 saturated heterocycles. The maximum Gasteiger partial charge on any atom is 0.408 e. The van der Waals surface area contributed by atoms with Gasteiger partial charge in [0, 0.05) is 12.1 Å². The zero-order valence-corrected chi connectivity index (χ0v) is 22.0. The van der Waals surface area contributed by atoms with Crippen LogP contribution >= 0.6 is 11.6 Å². The number of aliphatic hydroxyl groups is 2. The standard InChI is InChI=1S/C27H32ClN3O6/c1-6-18-10-12-19(13-11-18)23(24(34)30-22-17(2)8-7-9-20(22)28)31(14-15-32)25(35)21(16-33)29-26(36)37-27(3,4)5/h1,7-13,21,23,32-33H,14-16H2,2-5H3,(H,29,36)(H,30,34). The Hall–Kier alpha value is -3.58. The van der Waals surface area contributed by atoms with Crippen LogP contribution in [0.25, 0.3) is 0 Å². The van der Waals surface area contributed by atoms with Crippen LogP contribution in [0.1, 0.15) is 43.5 Å². The van der Waals surface area contributed by atoms with Crippen LogP contribution in [0.4, 0.5) is 10.5 Å². The topological polar surface area (TPSA) is 128 Å². The van der Waals surface area contributed by atoms with E-state index < -0.39 is 48.8 Å². The number of rotatable bonds is 9. The Morgan fingerprint density at radius 2 is 1.78 bits per heavy atom. The lowest BCUT2D eigenvalue weighted by molar-refractivity contribution is -0.142. The number of terminal acetylenes is 1. The molecule has 2 atom stereocenters. The third kappa shape index (κ3) is 8.22. The average molecular weight is 530 g/mol. The van der Waals surface area contributed by atoms with Crippen LogP contribution in [0, 0.1) is 19.3 Å². The van der Waals surface area contributed by atoms with E-state index in [9.17, 15) is 24.6 Å². The number of amides is 3. The Bertz CT molecular complexity index is 1130. The summed E-state index contributed by atoms with van der Waals surface area (Å²) in [5, 5.41) is 25.1. The van der Waals surface area contributed by atoms with Gasteiger partial charge >= 0.3 is 6.09 Å². The lowest BCUT2D eigenvalue weighted by Gasteiger charge is -2.33. The normalized spacial score (nSPS) is 12.6. The highest BCUT2D eigenvalue weighted by Gasteiger charge is 2.36. The number of nitrogens with one attached hydrogen (secondary N) is 2. The molecular formula is C27H32ClN3O6. The molecule has 0 heterocycles. The van der Waals surface area contributed by atoms with Crippen LogP contribution in [-0.2, 0) is 14.3 Å². The molecule has 2 rings (SSSR count). The SMILES string of the molecule is C#Cc1ccc(C(C(=O)Nc2c(C)cccc2Cl)N(CCO)C(=O)C(CO)NC(=O)OC(C)(C)C)cc1. The summed E-state index contributed by atoms with van der Waals surface area (Å²) in [6.45, 7) is 5.18. The molecule has 2 unspecified atom stereocenters. The van der Waals surface area contributed by atoms with Gasteiger partial charge in [0.05, 0.1) is 23.9 Å². The number of carbonyl (C=O) groups is 3. The first kappa shape index (κ1) is 29.6. The number of hydrogen-bond donors (Lipinski definition) is 4. The molecule has 0 bridgehead atoms. The molecule has 0 saturated carbocycles. The zero-order valence-electron chi connectivity index (χ0n) is 21.2. The molecule has 2 aromatic carbocycles. The zero-order chi connectivity index (χ0) is 27.8. The lowest BCUT2D eigenvalue weighted by atomic mass is 10.0. The molecule has 0 fully saturated rings. The maximum atomic E-state index is 13.7. The summed E-state index contributed by atoms with van der Waals surface area (Å²) in [4.78, 5) is 40.6. The van der Waals surface area contributed by atoms with Crippen molar-refractivity contribution in [1.82, 2.24) is 10.2 Å². The second kappa shape index (κ2) is 13.1. The van der Waals surface area contributed by atoms with Gasteiger partial charge in [-0.3, -0.25) is 9.59 Å². The van der Waals surface area contributed by atoms with Crippen molar-refractivity contribution < 1.29 is 29.3 Å². The fourth-order valence-corrected chi connectivity index (χ4v) is 3.80. The number of anilines is 1. The minimum Gasteiger partial charge on any atom is -0.444 e. The predicted molar refractivity (Wildman–Crippen MR) is 141 cm³/mol. The van der Waals surface area contributed by atoms with Crippen molar-refractivity contribution in [2.45, 2.75) is 45.4 Å². The molecule has 0 aromatic heterocycles. The number of nitrogens with zero attached hydrogens (tertiary/aromatic N) is 1. The number of aliphatic hydroxyl groups excluding tert-OH is 2. The monoisotopic (exact) mass is 529 g/mol. The van der Waals surface area contributed by atoms with E-state index in [1.807, 2.05) is 0 Å². The number of benzene rings is 2. The van der Waals surface area contributed by atoms with Crippen molar-refractivity contribution in [3.8, 4) is 12.3 Å². The first-order valence-corrected chi connectivity index (χ1v) is 11.9. The van der Waals surface area contributed by atoms with Crippen LogP contribution in [0.2, 0.25) is 5.02 Å². The van der Waals surface area contributed by atoms with E-state index in [2.05, 4.69) is 16.6 Å². The summed E-state index contributed by atoms with van der Waals surface area (Å²) in [6.07, 6.45) is 4.53. The Balaban J connectivity index is 2.50.